The Balaban J connectivity index is 1.95. The number of aromatic nitrogens is 2. The lowest BCUT2D eigenvalue weighted by atomic mass is 9.95. The molecule has 1 aliphatic heterocycles. The molecule has 0 aliphatic carbocycles. The van der Waals surface area contributed by atoms with Crippen LogP contribution in [0.2, 0.25) is 0 Å². The van der Waals surface area contributed by atoms with E-state index >= 15 is 0 Å². The van der Waals surface area contributed by atoms with Crippen molar-refractivity contribution in [1.29, 1.82) is 0 Å². The molecule has 0 saturated heterocycles. The number of hydrogen-bond donors (Lipinski definition) is 2. The fourth-order valence-electron chi connectivity index (χ4n) is 3.42. The van der Waals surface area contributed by atoms with Gasteiger partial charge in [0.1, 0.15) is 12.1 Å². The number of aromatic amines is 1. The van der Waals surface area contributed by atoms with E-state index in [0.29, 0.717) is 30.0 Å². The van der Waals surface area contributed by atoms with Crippen molar-refractivity contribution in [2.24, 2.45) is 0 Å². The average Bonchev–Trinajstić information content (AvgIpc) is 3.23. The van der Waals surface area contributed by atoms with Gasteiger partial charge in [0.15, 0.2) is 17.5 Å². The molecule has 1 aromatic carbocycles. The second kappa shape index (κ2) is 9.41. The number of H-pyrrole nitrogens is 1. The molecule has 1 unspecified atom stereocenters. The number of benzene rings is 1. The van der Waals surface area contributed by atoms with Crippen molar-refractivity contribution < 1.29 is 27.5 Å². The largest absolute Gasteiger partial charge is 0.467 e. The van der Waals surface area contributed by atoms with Crippen molar-refractivity contribution in [2.45, 2.75) is 24.9 Å². The van der Waals surface area contributed by atoms with E-state index in [4.69, 9.17) is 4.74 Å². The lowest BCUT2D eigenvalue weighted by Crippen LogP contribution is -2.51. The fraction of sp³-hybridized carbons (Fsp3) is 0.421. The molecular formula is C19H21F3N4O3S. The molecular weight excluding hydrogens is 421 g/mol. The zero-order valence-corrected chi connectivity index (χ0v) is 17.2. The van der Waals surface area contributed by atoms with Gasteiger partial charge < -0.3 is 19.9 Å². The van der Waals surface area contributed by atoms with Crippen LogP contribution >= 0.6 is 11.8 Å². The van der Waals surface area contributed by atoms with Crippen LogP contribution in [0.3, 0.4) is 0 Å². The minimum atomic E-state index is -1.62. The van der Waals surface area contributed by atoms with E-state index in [-0.39, 0.29) is 12.1 Å². The van der Waals surface area contributed by atoms with E-state index < -0.39 is 41.5 Å². The number of imidazole rings is 1. The third-order valence-electron chi connectivity index (χ3n) is 4.94. The van der Waals surface area contributed by atoms with Crippen LogP contribution in [-0.2, 0) is 16.0 Å². The van der Waals surface area contributed by atoms with E-state index in [2.05, 4.69) is 15.3 Å². The highest BCUT2D eigenvalue weighted by molar-refractivity contribution is 7.98. The molecule has 2 aromatic rings. The number of thioether (sulfide) groups is 1. The number of nitrogens with zero attached hydrogens (tertiary/aromatic N) is 2. The van der Waals surface area contributed by atoms with Crippen LogP contribution in [0.25, 0.3) is 0 Å². The predicted molar refractivity (Wildman–Crippen MR) is 104 cm³/mol. The Kier molecular flexibility index (Phi) is 6.91. The number of halogens is 3. The first-order valence-corrected chi connectivity index (χ1v) is 10.6. The number of hydrogen-bond acceptors (Lipinski definition) is 5. The summed E-state index contributed by atoms with van der Waals surface area (Å²) in [7, 11) is 1.22. The van der Waals surface area contributed by atoms with Gasteiger partial charge in [0.05, 0.1) is 19.1 Å². The third kappa shape index (κ3) is 4.25. The van der Waals surface area contributed by atoms with Gasteiger partial charge in [-0.1, -0.05) is 6.07 Å². The molecule has 0 bridgehead atoms. The first-order chi connectivity index (χ1) is 14.4. The lowest BCUT2D eigenvalue weighted by molar-refractivity contribution is -0.142. The van der Waals surface area contributed by atoms with Crippen LogP contribution in [0.15, 0.2) is 18.5 Å². The van der Waals surface area contributed by atoms with Gasteiger partial charge in [0.25, 0.3) is 0 Å². The summed E-state index contributed by atoms with van der Waals surface area (Å²) in [6, 6.07) is -0.747. The third-order valence-corrected chi connectivity index (χ3v) is 5.58. The van der Waals surface area contributed by atoms with Crippen molar-refractivity contribution in [3.8, 4) is 0 Å². The van der Waals surface area contributed by atoms with Gasteiger partial charge in [-0.05, 0) is 24.5 Å². The standard InChI is InChI=1S/C19H21F3N4O3S/c1-29-18(27)13(6-8-30-2)25-19(28)26-7-5-12-16(24-9-23-12)17(26)10-3-4-11(20)15(22)14(10)21/h3-4,9,13,17H,5-8H2,1-2H3,(H,23,24)(H,25,28)/t13-,17?/m1/s1. The normalized spacial score (nSPS) is 16.7. The van der Waals surface area contributed by atoms with Crippen LogP contribution in [0.4, 0.5) is 18.0 Å². The van der Waals surface area contributed by atoms with Crippen molar-refractivity contribution >= 4 is 23.8 Å². The summed E-state index contributed by atoms with van der Waals surface area (Å²) in [6.45, 7) is 0.153. The predicted octanol–water partition coefficient (Wildman–Crippen LogP) is 2.78. The van der Waals surface area contributed by atoms with Gasteiger partial charge in [0.2, 0.25) is 0 Å². The van der Waals surface area contributed by atoms with Gasteiger partial charge in [-0.3, -0.25) is 0 Å². The van der Waals surface area contributed by atoms with E-state index in [1.165, 1.54) is 30.1 Å². The topological polar surface area (TPSA) is 87.3 Å². The summed E-state index contributed by atoms with van der Waals surface area (Å²) < 4.78 is 46.7. The number of esters is 1. The van der Waals surface area contributed by atoms with Crippen LogP contribution in [0, 0.1) is 17.5 Å². The van der Waals surface area contributed by atoms with Crippen molar-refractivity contribution in [3.05, 3.63) is 52.9 Å². The monoisotopic (exact) mass is 442 g/mol. The highest BCUT2D eigenvalue weighted by Crippen LogP contribution is 2.35. The number of fused-ring (bicyclic) bond motifs is 1. The van der Waals surface area contributed by atoms with Gasteiger partial charge >= 0.3 is 12.0 Å². The quantitative estimate of drug-likeness (QED) is 0.531. The Bertz CT molecular complexity index is 940. The van der Waals surface area contributed by atoms with E-state index in [9.17, 15) is 22.8 Å². The Hall–Kier alpha value is -2.69. The molecule has 0 radical (unpaired) electrons. The van der Waals surface area contributed by atoms with Crippen molar-refractivity contribution in [3.63, 3.8) is 0 Å². The number of carbonyl (C=O) groups is 2. The van der Waals surface area contributed by atoms with E-state index in [1.807, 2.05) is 6.26 Å². The molecule has 0 saturated carbocycles. The van der Waals surface area contributed by atoms with E-state index in [1.54, 1.807) is 0 Å². The van der Waals surface area contributed by atoms with Gasteiger partial charge in [-0.25, -0.2) is 27.7 Å². The minimum absolute atomic E-state index is 0.153. The van der Waals surface area contributed by atoms with Crippen LogP contribution in [-0.4, -0.2) is 58.6 Å². The molecule has 2 atom stereocenters. The molecule has 7 nitrogen and oxygen atoms in total. The number of carbonyl (C=O) groups excluding carboxylic acids is 2. The number of ether oxygens (including phenoxy) is 1. The molecule has 0 fully saturated rings. The Morgan fingerprint density at radius 3 is 2.83 bits per heavy atom. The number of rotatable bonds is 6. The fourth-order valence-corrected chi connectivity index (χ4v) is 3.89. The maximum Gasteiger partial charge on any atom is 0.328 e. The first kappa shape index (κ1) is 22.0. The molecule has 2 amide bonds. The smallest absolute Gasteiger partial charge is 0.328 e. The summed E-state index contributed by atoms with van der Waals surface area (Å²) in [5.74, 6) is -4.34. The molecule has 2 N–H and O–H groups in total. The molecule has 11 heteroatoms. The highest BCUT2D eigenvalue weighted by atomic mass is 32.2. The highest BCUT2D eigenvalue weighted by Gasteiger charge is 2.38. The average molecular weight is 442 g/mol. The van der Waals surface area contributed by atoms with Gasteiger partial charge in [-0.2, -0.15) is 11.8 Å². The molecule has 1 aliphatic rings. The molecule has 162 valence electrons. The number of methoxy groups -OCH3 is 1. The summed E-state index contributed by atoms with van der Waals surface area (Å²) in [5, 5.41) is 2.61. The molecule has 3 rings (SSSR count). The van der Waals surface area contributed by atoms with Crippen LogP contribution in [0.5, 0.6) is 0 Å². The summed E-state index contributed by atoms with van der Waals surface area (Å²) in [6.07, 6.45) is 4.00. The van der Waals surface area contributed by atoms with Gasteiger partial charge in [0, 0.05) is 24.2 Å². The zero-order valence-electron chi connectivity index (χ0n) is 16.4. The van der Waals surface area contributed by atoms with E-state index in [0.717, 1.165) is 12.1 Å². The molecule has 0 spiro atoms. The maximum absolute atomic E-state index is 14.6. The molecule has 1 aromatic heterocycles. The number of urea groups is 1. The summed E-state index contributed by atoms with van der Waals surface area (Å²) in [4.78, 5) is 33.4. The second-order valence-electron chi connectivity index (χ2n) is 6.68. The van der Waals surface area contributed by atoms with Crippen molar-refractivity contribution in [2.75, 3.05) is 25.7 Å². The number of amides is 2. The zero-order chi connectivity index (χ0) is 21.8. The number of nitrogens with one attached hydrogen (secondary N) is 2. The van der Waals surface area contributed by atoms with Crippen LogP contribution in [0.1, 0.15) is 29.4 Å². The molecule has 2 heterocycles. The summed E-state index contributed by atoms with van der Waals surface area (Å²) in [5.41, 5.74) is 0.774. The SMILES string of the molecule is COC(=O)[C@@H](CCSC)NC(=O)N1CCc2[nH]cnc2C1c1ccc(F)c(F)c1F. The van der Waals surface area contributed by atoms with Crippen LogP contribution < -0.4 is 5.32 Å². The molecule has 30 heavy (non-hydrogen) atoms. The Labute approximate surface area is 175 Å². The minimum Gasteiger partial charge on any atom is -0.467 e. The second-order valence-corrected chi connectivity index (χ2v) is 7.67. The Morgan fingerprint density at radius 2 is 2.13 bits per heavy atom. The maximum atomic E-state index is 14.6. The first-order valence-electron chi connectivity index (χ1n) is 9.18. The Morgan fingerprint density at radius 1 is 1.37 bits per heavy atom. The van der Waals surface area contributed by atoms with Gasteiger partial charge in [-0.15, -0.1) is 0 Å². The van der Waals surface area contributed by atoms with Crippen molar-refractivity contribution in [1.82, 2.24) is 20.2 Å². The lowest BCUT2D eigenvalue weighted by Gasteiger charge is -2.36. The summed E-state index contributed by atoms with van der Waals surface area (Å²) >= 11 is 1.50.